The number of nitrogens with zero attached hydrogens (tertiary/aromatic N) is 2. The fourth-order valence-electron chi connectivity index (χ4n) is 3.16. The molecule has 24 heavy (non-hydrogen) atoms. The number of furan rings is 1. The molecule has 0 aliphatic carbocycles. The summed E-state index contributed by atoms with van der Waals surface area (Å²) in [5.41, 5.74) is 3.92. The van der Waals surface area contributed by atoms with Gasteiger partial charge in [0, 0.05) is 31.9 Å². The molecule has 1 aliphatic heterocycles. The number of rotatable bonds is 5. The Kier molecular flexibility index (Phi) is 5.20. The molecule has 0 radical (unpaired) electrons. The van der Waals surface area contributed by atoms with E-state index in [4.69, 9.17) is 4.42 Å². The molecule has 0 bridgehead atoms. The van der Waals surface area contributed by atoms with Crippen LogP contribution >= 0.6 is 0 Å². The third-order valence-electron chi connectivity index (χ3n) is 4.47. The molecule has 1 aromatic carbocycles. The highest BCUT2D eigenvalue weighted by atomic mass is 16.3. The topological polar surface area (TPSA) is 48.7 Å². The monoisotopic (exact) mass is 327 g/mol. The van der Waals surface area contributed by atoms with Gasteiger partial charge in [0.1, 0.15) is 5.76 Å². The second kappa shape index (κ2) is 7.53. The Morgan fingerprint density at radius 3 is 2.62 bits per heavy atom. The van der Waals surface area contributed by atoms with Crippen LogP contribution in [0, 0.1) is 13.8 Å². The van der Waals surface area contributed by atoms with Gasteiger partial charge in [-0.2, -0.15) is 0 Å². The van der Waals surface area contributed by atoms with E-state index in [-0.39, 0.29) is 5.91 Å². The molecular formula is C19H25N3O2. The van der Waals surface area contributed by atoms with E-state index in [1.807, 2.05) is 12.1 Å². The first-order chi connectivity index (χ1) is 11.6. The van der Waals surface area contributed by atoms with E-state index in [0.717, 1.165) is 31.9 Å². The van der Waals surface area contributed by atoms with Crippen LogP contribution in [0.25, 0.3) is 0 Å². The van der Waals surface area contributed by atoms with Crippen molar-refractivity contribution in [3.05, 3.63) is 53.5 Å². The summed E-state index contributed by atoms with van der Waals surface area (Å²) in [6.45, 7) is 8.90. The summed E-state index contributed by atoms with van der Waals surface area (Å²) >= 11 is 0. The minimum absolute atomic E-state index is 0.0476. The molecule has 0 unspecified atom stereocenters. The Morgan fingerprint density at radius 1 is 1.17 bits per heavy atom. The van der Waals surface area contributed by atoms with Crippen LogP contribution in [0.4, 0.5) is 5.69 Å². The van der Waals surface area contributed by atoms with Crippen LogP contribution in [-0.2, 0) is 11.3 Å². The lowest BCUT2D eigenvalue weighted by molar-refractivity contribution is -0.122. The minimum Gasteiger partial charge on any atom is -0.467 e. The average molecular weight is 327 g/mol. The Bertz CT molecular complexity index is 674. The number of amides is 1. The maximum Gasteiger partial charge on any atom is 0.234 e. The van der Waals surface area contributed by atoms with Crippen molar-refractivity contribution >= 4 is 11.6 Å². The van der Waals surface area contributed by atoms with Crippen LogP contribution in [0.15, 0.2) is 41.0 Å². The lowest BCUT2D eigenvalue weighted by Crippen LogP contribution is -2.49. The van der Waals surface area contributed by atoms with E-state index in [1.165, 1.54) is 16.8 Å². The molecule has 3 rings (SSSR count). The normalized spacial score (nSPS) is 15.5. The molecule has 1 aromatic heterocycles. The van der Waals surface area contributed by atoms with E-state index in [1.54, 1.807) is 6.26 Å². The number of aryl methyl sites for hydroxylation is 2. The molecule has 1 fully saturated rings. The number of nitrogens with one attached hydrogen (secondary N) is 1. The number of hydrogen-bond acceptors (Lipinski definition) is 4. The maximum atomic E-state index is 12.0. The first kappa shape index (κ1) is 16.6. The van der Waals surface area contributed by atoms with Crippen molar-refractivity contribution in [3.63, 3.8) is 0 Å². The molecule has 5 nitrogen and oxygen atoms in total. The summed E-state index contributed by atoms with van der Waals surface area (Å²) in [7, 11) is 0. The number of carbonyl (C=O) groups is 1. The molecule has 2 heterocycles. The molecule has 5 heteroatoms. The number of anilines is 1. The number of hydrogen-bond donors (Lipinski definition) is 1. The number of piperazine rings is 1. The number of carbonyl (C=O) groups excluding carboxylic acids is 1. The molecule has 1 aliphatic rings. The summed E-state index contributed by atoms with van der Waals surface area (Å²) < 4.78 is 5.22. The summed E-state index contributed by atoms with van der Waals surface area (Å²) in [4.78, 5) is 16.7. The van der Waals surface area contributed by atoms with E-state index in [9.17, 15) is 4.79 Å². The van der Waals surface area contributed by atoms with E-state index < -0.39 is 0 Å². The first-order valence-electron chi connectivity index (χ1n) is 8.45. The van der Waals surface area contributed by atoms with Crippen molar-refractivity contribution in [3.8, 4) is 0 Å². The van der Waals surface area contributed by atoms with Gasteiger partial charge >= 0.3 is 0 Å². The lowest BCUT2D eigenvalue weighted by atomic mass is 10.1. The maximum absolute atomic E-state index is 12.0. The fourth-order valence-corrected chi connectivity index (χ4v) is 3.16. The van der Waals surface area contributed by atoms with E-state index in [0.29, 0.717) is 13.1 Å². The molecule has 1 N–H and O–H groups in total. The Labute approximate surface area is 143 Å². The van der Waals surface area contributed by atoms with Crippen LogP contribution in [0.5, 0.6) is 0 Å². The molecule has 0 spiro atoms. The molecule has 1 amide bonds. The van der Waals surface area contributed by atoms with Gasteiger partial charge in [0.25, 0.3) is 0 Å². The second-order valence-corrected chi connectivity index (χ2v) is 6.41. The molecule has 0 saturated carbocycles. The van der Waals surface area contributed by atoms with Crippen LogP contribution in [-0.4, -0.2) is 43.5 Å². The van der Waals surface area contributed by atoms with Gasteiger partial charge in [0.2, 0.25) is 5.91 Å². The van der Waals surface area contributed by atoms with Gasteiger partial charge in [0.05, 0.1) is 19.4 Å². The van der Waals surface area contributed by atoms with Crippen LogP contribution in [0.3, 0.4) is 0 Å². The predicted molar refractivity (Wildman–Crippen MR) is 95.1 cm³/mol. The van der Waals surface area contributed by atoms with Gasteiger partial charge in [-0.3, -0.25) is 9.69 Å². The molecular weight excluding hydrogens is 302 g/mol. The Balaban J connectivity index is 1.45. The zero-order chi connectivity index (χ0) is 16.9. The third-order valence-corrected chi connectivity index (χ3v) is 4.47. The van der Waals surface area contributed by atoms with Gasteiger partial charge in [-0.15, -0.1) is 0 Å². The van der Waals surface area contributed by atoms with Crippen molar-refractivity contribution in [1.82, 2.24) is 10.2 Å². The summed E-state index contributed by atoms with van der Waals surface area (Å²) in [6.07, 6.45) is 1.62. The van der Waals surface area contributed by atoms with Crippen molar-refractivity contribution < 1.29 is 9.21 Å². The van der Waals surface area contributed by atoms with Crippen molar-refractivity contribution in [2.75, 3.05) is 37.6 Å². The van der Waals surface area contributed by atoms with Crippen LogP contribution < -0.4 is 10.2 Å². The zero-order valence-electron chi connectivity index (χ0n) is 14.4. The summed E-state index contributed by atoms with van der Waals surface area (Å²) in [5.74, 6) is 0.828. The van der Waals surface area contributed by atoms with Gasteiger partial charge in [-0.05, 0) is 37.6 Å². The highest BCUT2D eigenvalue weighted by Crippen LogP contribution is 2.22. The average Bonchev–Trinajstić information content (AvgIpc) is 3.07. The van der Waals surface area contributed by atoms with E-state index >= 15 is 0 Å². The SMILES string of the molecule is Cc1ccc(N2CCN(CC(=O)NCc3ccco3)CC2)c(C)c1. The highest BCUT2D eigenvalue weighted by Gasteiger charge is 2.20. The molecule has 1 saturated heterocycles. The molecule has 0 atom stereocenters. The fraction of sp³-hybridized carbons (Fsp3) is 0.421. The Morgan fingerprint density at radius 2 is 1.96 bits per heavy atom. The molecule has 128 valence electrons. The van der Waals surface area contributed by atoms with Gasteiger partial charge in [0.15, 0.2) is 0 Å². The second-order valence-electron chi connectivity index (χ2n) is 6.41. The summed E-state index contributed by atoms with van der Waals surface area (Å²) in [6, 6.07) is 10.3. The van der Waals surface area contributed by atoms with E-state index in [2.05, 4.69) is 47.2 Å². The first-order valence-corrected chi connectivity index (χ1v) is 8.45. The van der Waals surface area contributed by atoms with Crippen LogP contribution in [0.1, 0.15) is 16.9 Å². The molecule has 2 aromatic rings. The smallest absolute Gasteiger partial charge is 0.234 e. The minimum atomic E-state index is 0.0476. The van der Waals surface area contributed by atoms with Gasteiger partial charge in [-0.25, -0.2) is 0 Å². The summed E-state index contributed by atoms with van der Waals surface area (Å²) in [5, 5.41) is 2.90. The third kappa shape index (κ3) is 4.17. The predicted octanol–water partition coefficient (Wildman–Crippen LogP) is 2.33. The largest absolute Gasteiger partial charge is 0.467 e. The van der Waals surface area contributed by atoms with Gasteiger partial charge < -0.3 is 14.6 Å². The van der Waals surface area contributed by atoms with Crippen molar-refractivity contribution in [2.24, 2.45) is 0 Å². The number of benzene rings is 1. The highest BCUT2D eigenvalue weighted by molar-refractivity contribution is 5.78. The lowest BCUT2D eigenvalue weighted by Gasteiger charge is -2.36. The standard InChI is InChI=1S/C19H25N3O2/c1-15-5-6-18(16(2)12-15)22-9-7-21(8-10-22)14-19(23)20-13-17-4-3-11-24-17/h3-6,11-12H,7-10,13-14H2,1-2H3,(H,20,23). The Hall–Kier alpha value is -2.27. The van der Waals surface area contributed by atoms with Gasteiger partial charge in [-0.1, -0.05) is 17.7 Å². The van der Waals surface area contributed by atoms with Crippen molar-refractivity contribution in [1.29, 1.82) is 0 Å². The van der Waals surface area contributed by atoms with Crippen LogP contribution in [0.2, 0.25) is 0 Å². The zero-order valence-corrected chi connectivity index (χ0v) is 14.4. The van der Waals surface area contributed by atoms with Crippen molar-refractivity contribution in [2.45, 2.75) is 20.4 Å². The quantitative estimate of drug-likeness (QED) is 0.916.